The molecule has 0 amide bonds. The number of aromatic carboxylic acids is 1. The van der Waals surface area contributed by atoms with E-state index in [4.69, 9.17) is 10.4 Å². The number of nitriles is 1. The zero-order valence-corrected chi connectivity index (χ0v) is 6.90. The van der Waals surface area contributed by atoms with Gasteiger partial charge in [0, 0.05) is 0 Å². The summed E-state index contributed by atoms with van der Waals surface area (Å²) in [4.78, 5) is 10.6. The molecule has 1 rings (SSSR count). The van der Waals surface area contributed by atoms with Crippen molar-refractivity contribution in [1.29, 1.82) is 5.26 Å². The van der Waals surface area contributed by atoms with Gasteiger partial charge in [0.25, 0.3) is 0 Å². The average Bonchev–Trinajstić information content (AvgIpc) is 2.08. The number of phenolic OH excluding ortho intramolecular Hbond substituents is 1. The molecule has 0 aliphatic heterocycles. The highest BCUT2D eigenvalue weighted by Gasteiger charge is 2.12. The zero-order chi connectivity index (χ0) is 10.0. The van der Waals surface area contributed by atoms with Crippen LogP contribution in [-0.4, -0.2) is 16.2 Å². The fourth-order valence-corrected chi connectivity index (χ4v) is 0.966. The van der Waals surface area contributed by atoms with Gasteiger partial charge in [-0.05, 0) is 24.6 Å². The number of carboxylic acids is 1. The number of aryl methyl sites for hydroxylation is 1. The molecular formula is C9H7NO3. The normalized spacial score (nSPS) is 9.23. The maximum absolute atomic E-state index is 10.6. The number of nitrogens with zero attached hydrogens (tertiary/aromatic N) is 1. The summed E-state index contributed by atoms with van der Waals surface area (Å²) in [5, 5.41) is 26.4. The number of carbonyl (C=O) groups is 1. The van der Waals surface area contributed by atoms with E-state index in [1.807, 2.05) is 0 Å². The van der Waals surface area contributed by atoms with E-state index in [9.17, 15) is 9.90 Å². The van der Waals surface area contributed by atoms with Crippen LogP contribution in [0.1, 0.15) is 21.5 Å². The highest BCUT2D eigenvalue weighted by molar-refractivity contribution is 5.91. The summed E-state index contributed by atoms with van der Waals surface area (Å²) in [7, 11) is 0. The van der Waals surface area contributed by atoms with Crippen molar-refractivity contribution >= 4 is 5.97 Å². The van der Waals surface area contributed by atoms with Gasteiger partial charge in [-0.15, -0.1) is 0 Å². The molecule has 0 aliphatic carbocycles. The van der Waals surface area contributed by atoms with Crippen LogP contribution in [0.15, 0.2) is 12.1 Å². The second kappa shape index (κ2) is 3.15. The number of hydrogen-bond acceptors (Lipinski definition) is 3. The Balaban J connectivity index is 3.44. The Morgan fingerprint density at radius 2 is 2.15 bits per heavy atom. The van der Waals surface area contributed by atoms with Crippen molar-refractivity contribution < 1.29 is 15.0 Å². The van der Waals surface area contributed by atoms with E-state index in [1.165, 1.54) is 6.07 Å². The van der Waals surface area contributed by atoms with E-state index in [1.54, 1.807) is 13.0 Å². The maximum atomic E-state index is 10.6. The lowest BCUT2D eigenvalue weighted by Crippen LogP contribution is -2.00. The Hall–Kier alpha value is -2.02. The molecule has 1 aromatic carbocycles. The van der Waals surface area contributed by atoms with E-state index in [0.717, 1.165) is 6.07 Å². The topological polar surface area (TPSA) is 81.3 Å². The minimum absolute atomic E-state index is 0.0319. The van der Waals surface area contributed by atoms with E-state index in [2.05, 4.69) is 0 Å². The number of aromatic hydroxyl groups is 1. The molecule has 66 valence electrons. The Morgan fingerprint density at radius 3 is 2.62 bits per heavy atom. The lowest BCUT2D eigenvalue weighted by Gasteiger charge is -2.02. The smallest absolute Gasteiger partial charge is 0.337 e. The number of rotatable bonds is 1. The number of carboxylic acid groups (broad SMARTS) is 1. The standard InChI is InChI=1S/C9H7NO3/c1-5-2-7(9(12)13)6(4-10)3-8(5)11/h2-3,11H,1H3,(H,12,13). The molecule has 13 heavy (non-hydrogen) atoms. The largest absolute Gasteiger partial charge is 0.508 e. The van der Waals surface area contributed by atoms with E-state index < -0.39 is 5.97 Å². The van der Waals surface area contributed by atoms with E-state index in [0.29, 0.717) is 5.56 Å². The molecule has 0 saturated carbocycles. The second-order valence-corrected chi connectivity index (χ2v) is 2.60. The number of benzene rings is 1. The van der Waals surface area contributed by atoms with Crippen molar-refractivity contribution in [2.24, 2.45) is 0 Å². The van der Waals surface area contributed by atoms with Crippen LogP contribution in [0.2, 0.25) is 0 Å². The van der Waals surface area contributed by atoms with Crippen LogP contribution in [0.3, 0.4) is 0 Å². The van der Waals surface area contributed by atoms with E-state index >= 15 is 0 Å². The van der Waals surface area contributed by atoms with Gasteiger partial charge in [-0.25, -0.2) is 4.79 Å². The van der Waals surface area contributed by atoms with Crippen LogP contribution in [0.25, 0.3) is 0 Å². The van der Waals surface area contributed by atoms with Crippen LogP contribution in [0.5, 0.6) is 5.75 Å². The fraction of sp³-hybridized carbons (Fsp3) is 0.111. The van der Waals surface area contributed by atoms with Crippen LogP contribution in [0, 0.1) is 18.3 Å². The summed E-state index contributed by atoms with van der Waals surface area (Å²) in [6, 6.07) is 4.13. The summed E-state index contributed by atoms with van der Waals surface area (Å²) in [6.07, 6.45) is 0. The second-order valence-electron chi connectivity index (χ2n) is 2.60. The highest BCUT2D eigenvalue weighted by atomic mass is 16.4. The van der Waals surface area contributed by atoms with Crippen molar-refractivity contribution in [2.45, 2.75) is 6.92 Å². The quantitative estimate of drug-likeness (QED) is 0.676. The third-order valence-electron chi connectivity index (χ3n) is 1.69. The molecule has 4 heteroatoms. The van der Waals surface area contributed by atoms with Gasteiger partial charge < -0.3 is 10.2 Å². The van der Waals surface area contributed by atoms with Gasteiger partial charge in [0.05, 0.1) is 11.1 Å². The summed E-state index contributed by atoms with van der Waals surface area (Å²) in [5.74, 6) is -1.23. The molecule has 0 heterocycles. The van der Waals surface area contributed by atoms with Crippen molar-refractivity contribution in [3.8, 4) is 11.8 Å². The van der Waals surface area contributed by atoms with Crippen molar-refractivity contribution in [2.75, 3.05) is 0 Å². The SMILES string of the molecule is Cc1cc(C(=O)O)c(C#N)cc1O. The summed E-state index contributed by atoms with van der Waals surface area (Å²) >= 11 is 0. The van der Waals surface area contributed by atoms with Crippen LogP contribution in [0.4, 0.5) is 0 Å². The Morgan fingerprint density at radius 1 is 1.54 bits per heavy atom. The molecule has 2 N–H and O–H groups in total. The number of hydrogen-bond donors (Lipinski definition) is 2. The van der Waals surface area contributed by atoms with Gasteiger partial charge in [0.2, 0.25) is 0 Å². The van der Waals surface area contributed by atoms with Crippen LogP contribution < -0.4 is 0 Å². The first-order chi connectivity index (χ1) is 6.06. The molecule has 0 aliphatic rings. The minimum Gasteiger partial charge on any atom is -0.508 e. The van der Waals surface area contributed by atoms with Crippen LogP contribution >= 0.6 is 0 Å². The van der Waals surface area contributed by atoms with E-state index in [-0.39, 0.29) is 16.9 Å². The number of phenols is 1. The Bertz CT molecular complexity index is 404. The average molecular weight is 177 g/mol. The maximum Gasteiger partial charge on any atom is 0.337 e. The molecule has 0 spiro atoms. The molecule has 1 aromatic rings. The van der Waals surface area contributed by atoms with Crippen molar-refractivity contribution in [1.82, 2.24) is 0 Å². The summed E-state index contributed by atoms with van der Waals surface area (Å²) in [5.41, 5.74) is 0.324. The summed E-state index contributed by atoms with van der Waals surface area (Å²) < 4.78 is 0. The van der Waals surface area contributed by atoms with Crippen molar-refractivity contribution in [3.63, 3.8) is 0 Å². The third kappa shape index (κ3) is 1.59. The third-order valence-corrected chi connectivity index (χ3v) is 1.69. The van der Waals surface area contributed by atoms with Gasteiger partial charge in [0.1, 0.15) is 11.8 Å². The molecule has 0 aromatic heterocycles. The predicted octanol–water partition coefficient (Wildman–Crippen LogP) is 1.27. The molecule has 0 unspecified atom stereocenters. The molecule has 4 nitrogen and oxygen atoms in total. The Labute approximate surface area is 74.7 Å². The lowest BCUT2D eigenvalue weighted by molar-refractivity contribution is 0.0696. The van der Waals surface area contributed by atoms with Gasteiger partial charge in [-0.3, -0.25) is 0 Å². The highest BCUT2D eigenvalue weighted by Crippen LogP contribution is 2.21. The zero-order valence-electron chi connectivity index (χ0n) is 6.90. The first-order valence-corrected chi connectivity index (χ1v) is 3.53. The molecule has 0 atom stereocenters. The minimum atomic E-state index is -1.17. The summed E-state index contributed by atoms with van der Waals surface area (Å²) in [6.45, 7) is 1.57. The predicted molar refractivity (Wildman–Crippen MR) is 44.5 cm³/mol. The fourth-order valence-electron chi connectivity index (χ4n) is 0.966. The van der Waals surface area contributed by atoms with Crippen molar-refractivity contribution in [3.05, 3.63) is 28.8 Å². The lowest BCUT2D eigenvalue weighted by atomic mass is 10.0. The molecular weight excluding hydrogens is 170 g/mol. The van der Waals surface area contributed by atoms with Gasteiger partial charge in [0.15, 0.2) is 0 Å². The molecule has 0 radical (unpaired) electrons. The molecule has 0 fully saturated rings. The van der Waals surface area contributed by atoms with Crippen LogP contribution in [-0.2, 0) is 0 Å². The molecule has 0 bridgehead atoms. The Kier molecular flexibility index (Phi) is 2.20. The van der Waals surface area contributed by atoms with Gasteiger partial charge in [-0.2, -0.15) is 5.26 Å². The molecule has 0 saturated heterocycles. The van der Waals surface area contributed by atoms with Gasteiger partial charge >= 0.3 is 5.97 Å². The first-order valence-electron chi connectivity index (χ1n) is 3.53. The monoisotopic (exact) mass is 177 g/mol. The van der Waals surface area contributed by atoms with Gasteiger partial charge in [-0.1, -0.05) is 0 Å². The first kappa shape index (κ1) is 9.07.